The Balaban J connectivity index is 1.78. The van der Waals surface area contributed by atoms with E-state index in [0.717, 1.165) is 18.4 Å². The fourth-order valence-electron chi connectivity index (χ4n) is 3.82. The zero-order valence-corrected chi connectivity index (χ0v) is 17.2. The molecule has 4 rings (SSSR count). The lowest BCUT2D eigenvalue weighted by Crippen LogP contribution is -2.58. The zero-order valence-electron chi connectivity index (χ0n) is 16.4. The van der Waals surface area contributed by atoms with E-state index in [9.17, 15) is 14.0 Å². The molecule has 3 aromatic rings. The van der Waals surface area contributed by atoms with Crippen LogP contribution in [0, 0.1) is 5.82 Å². The number of carbonyl (C=O) groups is 2. The Morgan fingerprint density at radius 1 is 1.10 bits per heavy atom. The number of thiazole rings is 1. The molecule has 2 aromatic carbocycles. The largest absolute Gasteiger partial charge is 0.368 e. The van der Waals surface area contributed by atoms with Crippen LogP contribution in [0.2, 0.25) is 0 Å². The SMILES string of the molecule is NC(=O)C1(CC(=O)c2nc(-c3ccccc3)sc2-c2ccccc2F)CCCCN1. The predicted molar refractivity (Wildman–Crippen MR) is 116 cm³/mol. The van der Waals surface area contributed by atoms with Gasteiger partial charge >= 0.3 is 0 Å². The van der Waals surface area contributed by atoms with Crippen molar-refractivity contribution >= 4 is 23.0 Å². The fourth-order valence-corrected chi connectivity index (χ4v) is 4.93. The van der Waals surface area contributed by atoms with Crippen LogP contribution >= 0.6 is 11.3 Å². The summed E-state index contributed by atoms with van der Waals surface area (Å²) in [7, 11) is 0. The van der Waals surface area contributed by atoms with E-state index in [4.69, 9.17) is 5.73 Å². The third-order valence-corrected chi connectivity index (χ3v) is 6.60. The topological polar surface area (TPSA) is 85.1 Å². The molecule has 7 heteroatoms. The molecule has 0 aliphatic carbocycles. The van der Waals surface area contributed by atoms with Gasteiger partial charge in [-0.05, 0) is 31.9 Å². The standard InChI is InChI=1S/C23H22FN3O2S/c24-17-11-5-4-10-16(17)20-19(27-21(30-20)15-8-2-1-3-9-15)18(28)14-23(22(25)29)12-6-7-13-26-23/h1-5,8-11,26H,6-7,12-14H2,(H2,25,29). The Hall–Kier alpha value is -2.90. The van der Waals surface area contributed by atoms with Gasteiger partial charge in [0.1, 0.15) is 22.1 Å². The number of hydrogen-bond acceptors (Lipinski definition) is 5. The highest BCUT2D eigenvalue weighted by Gasteiger charge is 2.41. The van der Waals surface area contributed by atoms with Gasteiger partial charge in [0.2, 0.25) is 5.91 Å². The summed E-state index contributed by atoms with van der Waals surface area (Å²) in [6.07, 6.45) is 2.15. The van der Waals surface area contributed by atoms with Gasteiger partial charge in [0.25, 0.3) is 0 Å². The van der Waals surface area contributed by atoms with E-state index in [1.165, 1.54) is 17.4 Å². The number of benzene rings is 2. The van der Waals surface area contributed by atoms with E-state index < -0.39 is 17.3 Å². The van der Waals surface area contributed by atoms with Gasteiger partial charge in [-0.15, -0.1) is 11.3 Å². The number of primary amides is 1. The van der Waals surface area contributed by atoms with Gasteiger partial charge in [-0.1, -0.05) is 48.5 Å². The number of piperidine rings is 1. The molecule has 1 amide bonds. The molecule has 1 saturated heterocycles. The van der Waals surface area contributed by atoms with Crippen molar-refractivity contribution in [3.05, 3.63) is 66.1 Å². The van der Waals surface area contributed by atoms with Crippen LogP contribution in [0.4, 0.5) is 4.39 Å². The average molecular weight is 424 g/mol. The van der Waals surface area contributed by atoms with Crippen LogP contribution in [0.1, 0.15) is 36.2 Å². The number of carbonyl (C=O) groups excluding carboxylic acids is 2. The number of amides is 1. The molecule has 1 atom stereocenters. The summed E-state index contributed by atoms with van der Waals surface area (Å²) in [6, 6.07) is 15.8. The Labute approximate surface area is 178 Å². The molecule has 1 aromatic heterocycles. The number of hydrogen-bond donors (Lipinski definition) is 2. The van der Waals surface area contributed by atoms with Crippen LogP contribution in [-0.2, 0) is 4.79 Å². The number of rotatable bonds is 6. The number of halogens is 1. The molecule has 2 heterocycles. The normalized spacial score (nSPS) is 18.8. The predicted octanol–water partition coefficient (Wildman–Crippen LogP) is 4.19. The van der Waals surface area contributed by atoms with Gasteiger partial charge in [0.15, 0.2) is 5.78 Å². The summed E-state index contributed by atoms with van der Waals surface area (Å²) in [5.74, 6) is -1.28. The summed E-state index contributed by atoms with van der Waals surface area (Å²) in [4.78, 5) is 30.6. The second-order valence-corrected chi connectivity index (χ2v) is 8.47. The van der Waals surface area contributed by atoms with E-state index in [-0.39, 0.29) is 17.9 Å². The van der Waals surface area contributed by atoms with E-state index >= 15 is 0 Å². The van der Waals surface area contributed by atoms with Crippen LogP contribution in [0.5, 0.6) is 0 Å². The maximum absolute atomic E-state index is 14.6. The molecule has 0 saturated carbocycles. The minimum absolute atomic E-state index is 0.0955. The molecule has 1 fully saturated rings. The second kappa shape index (κ2) is 8.45. The average Bonchev–Trinajstić information content (AvgIpc) is 3.21. The first-order valence-electron chi connectivity index (χ1n) is 9.89. The molecule has 30 heavy (non-hydrogen) atoms. The van der Waals surface area contributed by atoms with Crippen LogP contribution in [0.15, 0.2) is 54.6 Å². The molecule has 1 unspecified atom stereocenters. The number of Topliss-reactive ketones (excluding diaryl/α,β-unsaturated/α-hetero) is 1. The van der Waals surface area contributed by atoms with E-state index in [1.54, 1.807) is 18.2 Å². The van der Waals surface area contributed by atoms with Gasteiger partial charge in [-0.3, -0.25) is 9.59 Å². The summed E-state index contributed by atoms with van der Waals surface area (Å²) in [5, 5.41) is 3.77. The smallest absolute Gasteiger partial charge is 0.238 e. The van der Waals surface area contributed by atoms with Gasteiger partial charge in [-0.25, -0.2) is 9.37 Å². The minimum atomic E-state index is -1.08. The molecule has 0 radical (unpaired) electrons. The molecule has 1 aliphatic rings. The first-order valence-corrected chi connectivity index (χ1v) is 10.7. The number of nitrogens with zero attached hydrogens (tertiary/aromatic N) is 1. The fraction of sp³-hybridized carbons (Fsp3) is 0.261. The number of nitrogens with two attached hydrogens (primary N) is 1. The molecule has 154 valence electrons. The number of aromatic nitrogens is 1. The van der Waals surface area contributed by atoms with Crippen LogP contribution in [0.3, 0.4) is 0 Å². The van der Waals surface area contributed by atoms with Crippen molar-refractivity contribution in [2.45, 2.75) is 31.2 Å². The van der Waals surface area contributed by atoms with Gasteiger partial charge in [0, 0.05) is 17.5 Å². The Morgan fingerprint density at radius 3 is 2.50 bits per heavy atom. The van der Waals surface area contributed by atoms with Crippen molar-refractivity contribution in [2.24, 2.45) is 5.73 Å². The number of nitrogens with one attached hydrogen (secondary N) is 1. The lowest BCUT2D eigenvalue weighted by atomic mass is 9.83. The highest BCUT2D eigenvalue weighted by molar-refractivity contribution is 7.18. The second-order valence-electron chi connectivity index (χ2n) is 7.47. The first-order chi connectivity index (χ1) is 14.5. The van der Waals surface area contributed by atoms with E-state index in [2.05, 4.69) is 10.3 Å². The van der Waals surface area contributed by atoms with E-state index in [0.29, 0.717) is 28.4 Å². The van der Waals surface area contributed by atoms with Crippen molar-refractivity contribution in [2.75, 3.05) is 6.54 Å². The molecule has 5 nitrogen and oxygen atoms in total. The summed E-state index contributed by atoms with van der Waals surface area (Å²) in [6.45, 7) is 0.628. The van der Waals surface area contributed by atoms with Crippen molar-refractivity contribution in [3.63, 3.8) is 0 Å². The Morgan fingerprint density at radius 2 is 1.83 bits per heavy atom. The van der Waals surface area contributed by atoms with Crippen molar-refractivity contribution < 1.29 is 14.0 Å². The van der Waals surface area contributed by atoms with Gasteiger partial charge in [-0.2, -0.15) is 0 Å². The highest BCUT2D eigenvalue weighted by Crippen LogP contribution is 2.38. The third-order valence-electron chi connectivity index (χ3n) is 5.46. The van der Waals surface area contributed by atoms with Gasteiger partial charge in [0.05, 0.1) is 4.88 Å². The van der Waals surface area contributed by atoms with Crippen LogP contribution < -0.4 is 11.1 Å². The molecule has 1 aliphatic heterocycles. The lowest BCUT2D eigenvalue weighted by molar-refractivity contribution is -0.125. The molecule has 3 N–H and O–H groups in total. The Bertz CT molecular complexity index is 1080. The molecule has 0 bridgehead atoms. The molecular weight excluding hydrogens is 401 g/mol. The number of ketones is 1. The summed E-state index contributed by atoms with van der Waals surface area (Å²) in [5.41, 5.74) is 5.93. The van der Waals surface area contributed by atoms with Crippen molar-refractivity contribution in [1.82, 2.24) is 10.3 Å². The maximum Gasteiger partial charge on any atom is 0.238 e. The maximum atomic E-state index is 14.6. The molecular formula is C23H22FN3O2S. The third kappa shape index (κ3) is 3.91. The summed E-state index contributed by atoms with van der Waals surface area (Å²) < 4.78 is 14.6. The Kier molecular flexibility index (Phi) is 5.74. The highest BCUT2D eigenvalue weighted by atomic mass is 32.1. The van der Waals surface area contributed by atoms with Gasteiger partial charge < -0.3 is 11.1 Å². The monoisotopic (exact) mass is 423 g/mol. The van der Waals surface area contributed by atoms with Crippen molar-refractivity contribution in [3.8, 4) is 21.0 Å². The van der Waals surface area contributed by atoms with Crippen LogP contribution in [0.25, 0.3) is 21.0 Å². The first kappa shape index (κ1) is 20.4. The zero-order chi connectivity index (χ0) is 21.1. The summed E-state index contributed by atoms with van der Waals surface area (Å²) >= 11 is 1.27. The minimum Gasteiger partial charge on any atom is -0.368 e. The quantitative estimate of drug-likeness (QED) is 0.582. The van der Waals surface area contributed by atoms with Crippen molar-refractivity contribution in [1.29, 1.82) is 0 Å². The van der Waals surface area contributed by atoms with Crippen LogP contribution in [-0.4, -0.2) is 28.8 Å². The lowest BCUT2D eigenvalue weighted by Gasteiger charge is -2.34. The molecule has 0 spiro atoms. The van der Waals surface area contributed by atoms with E-state index in [1.807, 2.05) is 30.3 Å².